The molecule has 1 heterocycles. The fourth-order valence-electron chi connectivity index (χ4n) is 1.64. The third-order valence-corrected chi connectivity index (χ3v) is 3.31. The fraction of sp³-hybridized carbons (Fsp3) is 0.0769. The number of nitrogens with one attached hydrogen (secondary N) is 1. The van der Waals surface area contributed by atoms with Crippen LogP contribution < -0.4 is 5.32 Å². The van der Waals surface area contributed by atoms with Crippen LogP contribution in [0.1, 0.15) is 25.6 Å². The summed E-state index contributed by atoms with van der Waals surface area (Å²) in [6.07, 6.45) is 0. The number of anilines is 1. The zero-order valence-corrected chi connectivity index (χ0v) is 10.8. The molecule has 0 spiro atoms. The van der Waals surface area contributed by atoms with E-state index in [0.717, 1.165) is 17.4 Å². The number of aromatic carboxylic acids is 1. The number of rotatable bonds is 3. The van der Waals surface area contributed by atoms with Gasteiger partial charge in [-0.3, -0.25) is 4.79 Å². The summed E-state index contributed by atoms with van der Waals surface area (Å²) in [6, 6.07) is 5.45. The largest absolute Gasteiger partial charge is 0.477 e. The van der Waals surface area contributed by atoms with Gasteiger partial charge in [0.15, 0.2) is 0 Å². The Balaban J connectivity index is 2.25. The molecule has 1 amide bonds. The van der Waals surface area contributed by atoms with Crippen molar-refractivity contribution in [1.82, 2.24) is 0 Å². The average molecular weight is 279 g/mol. The van der Waals surface area contributed by atoms with E-state index in [-0.39, 0.29) is 16.1 Å². The Kier molecular flexibility index (Phi) is 3.62. The second kappa shape index (κ2) is 5.19. The van der Waals surface area contributed by atoms with E-state index in [0.29, 0.717) is 5.56 Å². The first-order valence-corrected chi connectivity index (χ1v) is 6.24. The first-order valence-electron chi connectivity index (χ1n) is 5.36. The number of hydrogen-bond donors (Lipinski definition) is 2. The minimum atomic E-state index is -1.11. The molecule has 2 aromatic rings. The Morgan fingerprint density at radius 3 is 2.68 bits per heavy atom. The fourth-order valence-corrected chi connectivity index (χ4v) is 2.32. The molecule has 98 valence electrons. The Labute approximate surface area is 112 Å². The van der Waals surface area contributed by atoms with Gasteiger partial charge in [-0.25, -0.2) is 9.18 Å². The zero-order valence-electron chi connectivity index (χ0n) is 9.94. The summed E-state index contributed by atoms with van der Waals surface area (Å²) in [5.74, 6) is -2.15. The van der Waals surface area contributed by atoms with E-state index < -0.39 is 17.7 Å². The van der Waals surface area contributed by atoms with Gasteiger partial charge in [0.05, 0.1) is 5.69 Å². The van der Waals surface area contributed by atoms with Crippen molar-refractivity contribution < 1.29 is 19.1 Å². The lowest BCUT2D eigenvalue weighted by atomic mass is 10.1. The van der Waals surface area contributed by atoms with Crippen LogP contribution in [0, 0.1) is 12.7 Å². The second-order valence-corrected chi connectivity index (χ2v) is 4.86. The van der Waals surface area contributed by atoms with Crippen molar-refractivity contribution in [3.05, 3.63) is 51.5 Å². The number of thiophene rings is 1. The molecule has 6 heteroatoms. The van der Waals surface area contributed by atoms with Crippen LogP contribution in [0.4, 0.5) is 10.1 Å². The monoisotopic (exact) mass is 279 g/mol. The summed E-state index contributed by atoms with van der Waals surface area (Å²) in [7, 11) is 0. The third-order valence-electron chi connectivity index (χ3n) is 2.41. The molecule has 0 fully saturated rings. The smallest absolute Gasteiger partial charge is 0.348 e. The number of hydrogen-bond acceptors (Lipinski definition) is 3. The molecule has 1 aromatic heterocycles. The molecule has 1 aromatic carbocycles. The van der Waals surface area contributed by atoms with Gasteiger partial charge in [0.2, 0.25) is 0 Å². The minimum Gasteiger partial charge on any atom is -0.477 e. The molecule has 0 saturated heterocycles. The SMILES string of the molecule is Cc1cc(F)cc(C(=O)Nc2ccsc2C(=O)O)c1. The molecule has 0 aliphatic rings. The van der Waals surface area contributed by atoms with Crippen LogP contribution in [-0.2, 0) is 0 Å². The maximum absolute atomic E-state index is 13.2. The molecular formula is C13H10FNO3S. The Morgan fingerprint density at radius 1 is 1.32 bits per heavy atom. The maximum Gasteiger partial charge on any atom is 0.348 e. The quantitative estimate of drug-likeness (QED) is 0.907. The number of carboxylic acid groups (broad SMARTS) is 1. The van der Waals surface area contributed by atoms with Gasteiger partial charge in [-0.05, 0) is 42.1 Å². The van der Waals surface area contributed by atoms with Crippen molar-refractivity contribution in [2.75, 3.05) is 5.32 Å². The van der Waals surface area contributed by atoms with E-state index in [2.05, 4.69) is 5.32 Å². The Bertz CT molecular complexity index is 631. The van der Waals surface area contributed by atoms with Crippen molar-refractivity contribution in [2.45, 2.75) is 6.92 Å². The predicted octanol–water partition coefficient (Wildman–Crippen LogP) is 3.15. The summed E-state index contributed by atoms with van der Waals surface area (Å²) >= 11 is 1.01. The Hall–Kier alpha value is -2.21. The lowest BCUT2D eigenvalue weighted by molar-refractivity contribution is 0.0703. The summed E-state index contributed by atoms with van der Waals surface area (Å²) < 4.78 is 13.2. The summed E-state index contributed by atoms with van der Waals surface area (Å²) in [6.45, 7) is 1.67. The first kappa shape index (κ1) is 13.2. The summed E-state index contributed by atoms with van der Waals surface area (Å²) in [5, 5.41) is 13.0. The minimum absolute atomic E-state index is 0.0430. The highest BCUT2D eigenvalue weighted by molar-refractivity contribution is 7.12. The van der Waals surface area contributed by atoms with Crippen LogP contribution in [0.25, 0.3) is 0 Å². The van der Waals surface area contributed by atoms with E-state index in [4.69, 9.17) is 5.11 Å². The molecule has 0 saturated carbocycles. The number of benzene rings is 1. The van der Waals surface area contributed by atoms with Crippen molar-refractivity contribution in [2.24, 2.45) is 0 Å². The molecule has 19 heavy (non-hydrogen) atoms. The Morgan fingerprint density at radius 2 is 2.05 bits per heavy atom. The molecule has 2 N–H and O–H groups in total. The maximum atomic E-state index is 13.2. The predicted molar refractivity (Wildman–Crippen MR) is 70.4 cm³/mol. The number of carboxylic acids is 1. The zero-order chi connectivity index (χ0) is 14.0. The topological polar surface area (TPSA) is 66.4 Å². The highest BCUT2D eigenvalue weighted by Gasteiger charge is 2.15. The molecule has 0 bridgehead atoms. The van der Waals surface area contributed by atoms with Crippen LogP contribution in [0.15, 0.2) is 29.6 Å². The van der Waals surface area contributed by atoms with Gasteiger partial charge in [0.1, 0.15) is 10.7 Å². The van der Waals surface area contributed by atoms with Crippen LogP contribution in [0.2, 0.25) is 0 Å². The standard InChI is InChI=1S/C13H10FNO3S/c1-7-4-8(6-9(14)5-7)12(16)15-10-2-3-19-11(10)13(17)18/h2-6H,1H3,(H,15,16)(H,17,18). The highest BCUT2D eigenvalue weighted by atomic mass is 32.1. The number of amides is 1. The summed E-state index contributed by atoms with van der Waals surface area (Å²) in [5.41, 5.74) is 0.985. The van der Waals surface area contributed by atoms with E-state index in [9.17, 15) is 14.0 Å². The molecule has 2 rings (SSSR count). The van der Waals surface area contributed by atoms with Gasteiger partial charge < -0.3 is 10.4 Å². The van der Waals surface area contributed by atoms with Gasteiger partial charge >= 0.3 is 5.97 Å². The van der Waals surface area contributed by atoms with E-state index in [1.165, 1.54) is 18.2 Å². The number of halogens is 1. The molecule has 0 radical (unpaired) electrons. The van der Waals surface area contributed by atoms with Gasteiger partial charge in [0.25, 0.3) is 5.91 Å². The van der Waals surface area contributed by atoms with Crippen LogP contribution >= 0.6 is 11.3 Å². The van der Waals surface area contributed by atoms with E-state index in [1.807, 2.05) is 0 Å². The van der Waals surface area contributed by atoms with Gasteiger partial charge in [-0.2, -0.15) is 0 Å². The second-order valence-electron chi connectivity index (χ2n) is 3.94. The molecule has 0 aliphatic carbocycles. The van der Waals surface area contributed by atoms with E-state index >= 15 is 0 Å². The number of carbonyl (C=O) groups is 2. The normalized spacial score (nSPS) is 10.2. The molecule has 0 aliphatic heterocycles. The van der Waals surface area contributed by atoms with E-state index in [1.54, 1.807) is 12.3 Å². The molecular weight excluding hydrogens is 269 g/mol. The third kappa shape index (κ3) is 2.97. The lowest BCUT2D eigenvalue weighted by Gasteiger charge is -2.05. The van der Waals surface area contributed by atoms with Crippen molar-refractivity contribution in [3.63, 3.8) is 0 Å². The number of aryl methyl sites for hydroxylation is 1. The van der Waals surface area contributed by atoms with Crippen LogP contribution in [-0.4, -0.2) is 17.0 Å². The number of carbonyl (C=O) groups excluding carboxylic acids is 1. The molecule has 0 atom stereocenters. The molecule has 0 unspecified atom stereocenters. The molecule has 4 nitrogen and oxygen atoms in total. The van der Waals surface area contributed by atoms with Crippen LogP contribution in [0.5, 0.6) is 0 Å². The van der Waals surface area contributed by atoms with Crippen molar-refractivity contribution in [3.8, 4) is 0 Å². The summed E-state index contributed by atoms with van der Waals surface area (Å²) in [4.78, 5) is 22.9. The van der Waals surface area contributed by atoms with Crippen LogP contribution in [0.3, 0.4) is 0 Å². The van der Waals surface area contributed by atoms with Gasteiger partial charge in [-0.15, -0.1) is 11.3 Å². The first-order chi connectivity index (χ1) is 8.97. The van der Waals surface area contributed by atoms with Crippen molar-refractivity contribution >= 4 is 28.9 Å². The highest BCUT2D eigenvalue weighted by Crippen LogP contribution is 2.23. The van der Waals surface area contributed by atoms with Gasteiger partial charge in [0, 0.05) is 5.56 Å². The van der Waals surface area contributed by atoms with Crippen molar-refractivity contribution in [1.29, 1.82) is 0 Å². The average Bonchev–Trinajstić information content (AvgIpc) is 2.75. The van der Waals surface area contributed by atoms with Gasteiger partial charge in [-0.1, -0.05) is 0 Å². The lowest BCUT2D eigenvalue weighted by Crippen LogP contribution is -2.13.